The lowest BCUT2D eigenvalue weighted by atomic mass is 9.86. The molecule has 0 unspecified atom stereocenters. The molecule has 0 saturated carbocycles. The maximum absolute atomic E-state index is 13.7. The first-order valence-corrected chi connectivity index (χ1v) is 8.30. The molecule has 1 fully saturated rings. The molecule has 1 aliphatic heterocycles. The normalized spacial score (nSPS) is 15.3. The van der Waals surface area contributed by atoms with Crippen molar-refractivity contribution in [2.24, 2.45) is 5.92 Å². The third-order valence-electron chi connectivity index (χ3n) is 4.94. The molecule has 4 rings (SSSR count). The maximum Gasteiger partial charge on any atom is 0.165 e. The average molecular weight is 341 g/mol. The van der Waals surface area contributed by atoms with Crippen LogP contribution in [0.3, 0.4) is 0 Å². The van der Waals surface area contributed by atoms with Crippen LogP contribution >= 0.6 is 0 Å². The number of nitrogens with one attached hydrogen (secondary N) is 2. The maximum atomic E-state index is 13.7. The topological polar surface area (TPSA) is 70.2 Å². The molecule has 2 aromatic carbocycles. The Hall–Kier alpha value is -2.60. The summed E-state index contributed by atoms with van der Waals surface area (Å²) in [6.45, 7) is 6.03. The van der Waals surface area contributed by atoms with Gasteiger partial charge in [-0.25, -0.2) is 4.39 Å². The SMILES string of the molecule is CC(C)(Oc1cc(-c2ccc(O)c(F)c2)cc2[nH]ncc12)C1CNC1. The summed E-state index contributed by atoms with van der Waals surface area (Å²) in [6.07, 6.45) is 1.74. The fourth-order valence-electron chi connectivity index (χ4n) is 3.10. The zero-order chi connectivity index (χ0) is 17.6. The number of phenolic OH excluding ortho intramolecular Hbond substituents is 1. The number of H-pyrrole nitrogens is 1. The van der Waals surface area contributed by atoms with E-state index in [1.807, 2.05) is 12.1 Å². The molecule has 5 nitrogen and oxygen atoms in total. The van der Waals surface area contributed by atoms with Gasteiger partial charge in [0, 0.05) is 19.0 Å². The number of hydrogen-bond donors (Lipinski definition) is 3. The predicted molar refractivity (Wildman–Crippen MR) is 94.2 cm³/mol. The first kappa shape index (κ1) is 15.9. The predicted octanol–water partition coefficient (Wildman–Crippen LogP) is 3.45. The van der Waals surface area contributed by atoms with Crippen molar-refractivity contribution >= 4 is 10.9 Å². The van der Waals surface area contributed by atoms with Crippen molar-refractivity contribution in [3.8, 4) is 22.6 Å². The molecule has 0 bridgehead atoms. The van der Waals surface area contributed by atoms with Gasteiger partial charge in [-0.2, -0.15) is 5.10 Å². The third kappa shape index (κ3) is 2.82. The molecule has 130 valence electrons. The average Bonchev–Trinajstić information content (AvgIpc) is 2.96. The zero-order valence-corrected chi connectivity index (χ0v) is 14.1. The van der Waals surface area contributed by atoms with Crippen LogP contribution in [0.4, 0.5) is 4.39 Å². The number of aromatic nitrogens is 2. The molecule has 3 aromatic rings. The molecule has 2 heterocycles. The van der Waals surface area contributed by atoms with Gasteiger partial charge in [-0.15, -0.1) is 0 Å². The van der Waals surface area contributed by atoms with E-state index < -0.39 is 5.82 Å². The number of nitrogens with zero attached hydrogens (tertiary/aromatic N) is 1. The van der Waals surface area contributed by atoms with Crippen molar-refractivity contribution in [3.63, 3.8) is 0 Å². The summed E-state index contributed by atoms with van der Waals surface area (Å²) < 4.78 is 20.1. The molecule has 0 spiro atoms. The highest BCUT2D eigenvalue weighted by Crippen LogP contribution is 2.36. The van der Waals surface area contributed by atoms with Crippen LogP contribution in [0.1, 0.15) is 13.8 Å². The monoisotopic (exact) mass is 341 g/mol. The van der Waals surface area contributed by atoms with Gasteiger partial charge in [-0.1, -0.05) is 6.07 Å². The van der Waals surface area contributed by atoms with Gasteiger partial charge in [0.2, 0.25) is 0 Å². The molecule has 1 saturated heterocycles. The van der Waals surface area contributed by atoms with Gasteiger partial charge in [0.25, 0.3) is 0 Å². The number of aromatic hydroxyl groups is 1. The quantitative estimate of drug-likeness (QED) is 0.680. The summed E-state index contributed by atoms with van der Waals surface area (Å²) in [4.78, 5) is 0. The molecule has 1 aliphatic rings. The van der Waals surface area contributed by atoms with Crippen LogP contribution in [0.5, 0.6) is 11.5 Å². The van der Waals surface area contributed by atoms with Gasteiger partial charge in [0.05, 0.1) is 17.1 Å². The first-order valence-electron chi connectivity index (χ1n) is 8.30. The summed E-state index contributed by atoms with van der Waals surface area (Å²) in [7, 11) is 0. The molecule has 6 heteroatoms. The van der Waals surface area contributed by atoms with Gasteiger partial charge >= 0.3 is 0 Å². The van der Waals surface area contributed by atoms with Crippen LogP contribution in [0.2, 0.25) is 0 Å². The first-order chi connectivity index (χ1) is 11.9. The van der Waals surface area contributed by atoms with E-state index in [4.69, 9.17) is 4.74 Å². The number of aromatic amines is 1. The van der Waals surface area contributed by atoms with Crippen LogP contribution in [0.25, 0.3) is 22.0 Å². The van der Waals surface area contributed by atoms with Crippen molar-refractivity contribution < 1.29 is 14.2 Å². The third-order valence-corrected chi connectivity index (χ3v) is 4.94. The van der Waals surface area contributed by atoms with Crippen molar-refractivity contribution in [2.45, 2.75) is 19.4 Å². The molecule has 25 heavy (non-hydrogen) atoms. The van der Waals surface area contributed by atoms with Gasteiger partial charge < -0.3 is 15.2 Å². The molecule has 0 radical (unpaired) electrons. The van der Waals surface area contributed by atoms with E-state index in [9.17, 15) is 9.50 Å². The van der Waals surface area contributed by atoms with Crippen LogP contribution in [0.15, 0.2) is 36.5 Å². The Morgan fingerprint density at radius 2 is 2.00 bits per heavy atom. The summed E-state index contributed by atoms with van der Waals surface area (Å²) >= 11 is 0. The van der Waals surface area contributed by atoms with Gasteiger partial charge in [-0.05, 0) is 49.2 Å². The van der Waals surface area contributed by atoms with Gasteiger partial charge in [0.15, 0.2) is 11.6 Å². The standard InChI is InChI=1S/C19H20FN3O2/c1-19(2,13-8-21-9-13)25-18-7-12(6-16-14(18)10-22-23-16)11-3-4-17(24)15(20)5-11/h3-7,10,13,21,24H,8-9H2,1-2H3,(H,22,23). The minimum atomic E-state index is -0.648. The second-order valence-electron chi connectivity index (χ2n) is 7.03. The smallest absolute Gasteiger partial charge is 0.165 e. The number of halogens is 1. The molecular formula is C19H20FN3O2. The Balaban J connectivity index is 1.78. The lowest BCUT2D eigenvalue weighted by molar-refractivity contribution is 0.0194. The minimum Gasteiger partial charge on any atom is -0.505 e. The summed E-state index contributed by atoms with van der Waals surface area (Å²) in [5, 5.41) is 20.6. The number of rotatable bonds is 4. The van der Waals surface area contributed by atoms with Crippen LogP contribution < -0.4 is 10.1 Å². The summed E-state index contributed by atoms with van der Waals surface area (Å²) in [5.74, 6) is 0.142. The number of ether oxygens (including phenoxy) is 1. The Morgan fingerprint density at radius 3 is 2.68 bits per heavy atom. The number of fused-ring (bicyclic) bond motifs is 1. The molecule has 0 aliphatic carbocycles. The zero-order valence-electron chi connectivity index (χ0n) is 14.1. The second-order valence-corrected chi connectivity index (χ2v) is 7.03. The van der Waals surface area contributed by atoms with E-state index in [1.54, 1.807) is 12.3 Å². The highest BCUT2D eigenvalue weighted by Gasteiger charge is 2.36. The van der Waals surface area contributed by atoms with Crippen LogP contribution in [-0.2, 0) is 0 Å². The largest absolute Gasteiger partial charge is 0.505 e. The Kier molecular flexibility index (Phi) is 3.65. The second kappa shape index (κ2) is 5.74. The Bertz CT molecular complexity index is 932. The Labute approximate surface area is 144 Å². The fraction of sp³-hybridized carbons (Fsp3) is 0.316. The molecule has 0 atom stereocenters. The van der Waals surface area contributed by atoms with E-state index in [-0.39, 0.29) is 11.4 Å². The van der Waals surface area contributed by atoms with E-state index >= 15 is 0 Å². The van der Waals surface area contributed by atoms with Crippen molar-refractivity contribution in [2.75, 3.05) is 13.1 Å². The van der Waals surface area contributed by atoms with Gasteiger partial charge in [-0.3, -0.25) is 5.10 Å². The van der Waals surface area contributed by atoms with E-state index in [2.05, 4.69) is 29.4 Å². The van der Waals surface area contributed by atoms with Crippen LogP contribution in [-0.4, -0.2) is 34.0 Å². The fourth-order valence-corrected chi connectivity index (χ4v) is 3.10. The van der Waals surface area contributed by atoms with Crippen molar-refractivity contribution in [3.05, 3.63) is 42.3 Å². The van der Waals surface area contributed by atoms with Crippen molar-refractivity contribution in [1.29, 1.82) is 0 Å². The number of hydrogen-bond acceptors (Lipinski definition) is 4. The highest BCUT2D eigenvalue weighted by atomic mass is 19.1. The van der Waals surface area contributed by atoms with Crippen molar-refractivity contribution in [1.82, 2.24) is 15.5 Å². The van der Waals surface area contributed by atoms with E-state index in [0.717, 1.165) is 29.6 Å². The molecule has 1 aromatic heterocycles. The highest BCUT2D eigenvalue weighted by molar-refractivity contribution is 5.89. The number of benzene rings is 2. The van der Waals surface area contributed by atoms with Gasteiger partial charge in [0.1, 0.15) is 11.4 Å². The molecular weight excluding hydrogens is 321 g/mol. The number of phenols is 1. The summed E-state index contributed by atoms with van der Waals surface area (Å²) in [5.41, 5.74) is 1.96. The molecule has 0 amide bonds. The van der Waals surface area contributed by atoms with E-state index in [1.165, 1.54) is 12.1 Å². The minimum absolute atomic E-state index is 0.325. The van der Waals surface area contributed by atoms with E-state index in [0.29, 0.717) is 17.2 Å². The van der Waals surface area contributed by atoms with Crippen LogP contribution in [0, 0.1) is 11.7 Å². The lowest BCUT2D eigenvalue weighted by Crippen LogP contribution is -2.55. The molecule has 3 N–H and O–H groups in total. The Morgan fingerprint density at radius 1 is 1.20 bits per heavy atom. The summed E-state index contributed by atoms with van der Waals surface area (Å²) in [6, 6.07) is 8.15. The lowest BCUT2D eigenvalue weighted by Gasteiger charge is -2.41.